The van der Waals surface area contributed by atoms with E-state index in [1.165, 1.54) is 21.7 Å². The van der Waals surface area contributed by atoms with Crippen molar-refractivity contribution < 1.29 is 17.9 Å². The van der Waals surface area contributed by atoms with Gasteiger partial charge in [0.1, 0.15) is 11.9 Å². The number of hydrogen-bond donors (Lipinski definition) is 0. The lowest BCUT2D eigenvalue weighted by atomic mass is 10.1. The van der Waals surface area contributed by atoms with E-state index in [0.717, 1.165) is 0 Å². The molecule has 10 heteroatoms. The number of rotatable bonds is 3. The van der Waals surface area contributed by atoms with Crippen LogP contribution in [0.3, 0.4) is 0 Å². The van der Waals surface area contributed by atoms with Crippen molar-refractivity contribution in [3.63, 3.8) is 0 Å². The lowest BCUT2D eigenvalue weighted by Crippen LogP contribution is -2.52. The summed E-state index contributed by atoms with van der Waals surface area (Å²) in [5.41, 5.74) is 0.273. The summed E-state index contributed by atoms with van der Waals surface area (Å²) >= 11 is 0. The van der Waals surface area contributed by atoms with Gasteiger partial charge in [-0.15, -0.1) is 0 Å². The molecule has 2 atom stereocenters. The third-order valence-corrected chi connectivity index (χ3v) is 5.35. The fourth-order valence-corrected chi connectivity index (χ4v) is 3.88. The first-order valence-corrected chi connectivity index (χ1v) is 9.53. The molecule has 0 spiro atoms. The van der Waals surface area contributed by atoms with Gasteiger partial charge in [0.15, 0.2) is 0 Å². The molecule has 1 unspecified atom stereocenters. The molecule has 7 nitrogen and oxygen atoms in total. The Morgan fingerprint density at radius 2 is 2.14 bits per heavy atom. The Hall–Kier alpha value is -2.62. The zero-order valence-electron chi connectivity index (χ0n) is 16.0. The molecule has 2 aliphatic heterocycles. The van der Waals surface area contributed by atoms with Crippen molar-refractivity contribution in [3.8, 4) is 0 Å². The molecular weight excluding hydrogens is 387 g/mol. The Labute approximate surface area is 165 Å². The predicted molar refractivity (Wildman–Crippen MR) is 101 cm³/mol. The van der Waals surface area contributed by atoms with Crippen molar-refractivity contribution in [2.45, 2.75) is 44.7 Å². The first-order chi connectivity index (χ1) is 13.8. The number of anilines is 2. The van der Waals surface area contributed by atoms with Crippen molar-refractivity contribution in [2.75, 3.05) is 29.6 Å². The second-order valence-corrected chi connectivity index (χ2v) is 7.36. The number of nitrogens with zero attached hydrogens (tertiary/aromatic N) is 5. The number of halogens is 3. The molecule has 29 heavy (non-hydrogen) atoms. The maximum Gasteiger partial charge on any atom is 0.408 e. The second kappa shape index (κ2) is 7.66. The SMILES string of the molecule is C[C@@H]1COCCN1c1cc(=O)n2c(n1)N(Cc1cccnc1)C(C(F)(F)F)CC2. The topological polar surface area (TPSA) is 63.5 Å². The Bertz CT molecular complexity index is 918. The number of ether oxygens (including phenoxy) is 1. The van der Waals surface area contributed by atoms with Crippen LogP contribution >= 0.6 is 0 Å². The number of aromatic nitrogens is 3. The molecule has 2 aliphatic rings. The summed E-state index contributed by atoms with van der Waals surface area (Å²) in [5.74, 6) is 0.430. The largest absolute Gasteiger partial charge is 0.408 e. The van der Waals surface area contributed by atoms with E-state index in [1.54, 1.807) is 18.3 Å². The van der Waals surface area contributed by atoms with E-state index in [2.05, 4.69) is 9.97 Å². The van der Waals surface area contributed by atoms with Crippen LogP contribution in [0.15, 0.2) is 35.4 Å². The molecule has 0 saturated carbocycles. The van der Waals surface area contributed by atoms with Crippen LogP contribution in [-0.4, -0.2) is 52.6 Å². The monoisotopic (exact) mass is 409 g/mol. The van der Waals surface area contributed by atoms with Crippen molar-refractivity contribution in [1.82, 2.24) is 14.5 Å². The summed E-state index contributed by atoms with van der Waals surface area (Å²) in [7, 11) is 0. The van der Waals surface area contributed by atoms with Gasteiger partial charge in [-0.3, -0.25) is 14.3 Å². The smallest absolute Gasteiger partial charge is 0.377 e. The van der Waals surface area contributed by atoms with E-state index < -0.39 is 12.2 Å². The number of pyridine rings is 1. The maximum absolute atomic E-state index is 13.8. The molecular formula is C19H22F3N5O2. The van der Waals surface area contributed by atoms with Gasteiger partial charge in [-0.2, -0.15) is 18.2 Å². The Kier molecular flexibility index (Phi) is 5.20. The number of fused-ring (bicyclic) bond motifs is 1. The Morgan fingerprint density at radius 1 is 1.31 bits per heavy atom. The fourth-order valence-electron chi connectivity index (χ4n) is 3.88. The summed E-state index contributed by atoms with van der Waals surface area (Å²) in [5, 5.41) is 0. The van der Waals surface area contributed by atoms with Crippen LogP contribution in [0.2, 0.25) is 0 Å². The molecule has 0 radical (unpaired) electrons. The zero-order chi connectivity index (χ0) is 20.6. The van der Waals surface area contributed by atoms with Gasteiger partial charge < -0.3 is 14.5 Å². The third-order valence-electron chi connectivity index (χ3n) is 5.35. The number of morpholine rings is 1. The molecule has 2 aromatic heterocycles. The Morgan fingerprint density at radius 3 is 2.83 bits per heavy atom. The molecule has 0 aromatic carbocycles. The minimum Gasteiger partial charge on any atom is -0.377 e. The van der Waals surface area contributed by atoms with Gasteiger partial charge in [0, 0.05) is 38.1 Å². The van der Waals surface area contributed by atoms with E-state index in [0.29, 0.717) is 31.1 Å². The molecule has 1 saturated heterocycles. The second-order valence-electron chi connectivity index (χ2n) is 7.36. The van der Waals surface area contributed by atoms with E-state index >= 15 is 0 Å². The highest BCUT2D eigenvalue weighted by Crippen LogP contribution is 2.35. The molecule has 156 valence electrons. The first kappa shape index (κ1) is 19.7. The van der Waals surface area contributed by atoms with E-state index in [9.17, 15) is 18.0 Å². The highest BCUT2D eigenvalue weighted by molar-refractivity contribution is 5.48. The van der Waals surface area contributed by atoms with Crippen LogP contribution in [0.4, 0.5) is 24.9 Å². The molecule has 0 aliphatic carbocycles. The normalized spacial score (nSPS) is 22.5. The summed E-state index contributed by atoms with van der Waals surface area (Å²) in [4.78, 5) is 24.3. The third kappa shape index (κ3) is 3.93. The standard InChI is InChI=1S/C19H22F3N5O2/c1-13-12-29-8-7-25(13)16-9-17(28)26-6-4-15(19(20,21)22)27(18(26)24-16)11-14-3-2-5-23-10-14/h2-3,5,9-10,13,15H,4,6-8,11-12H2,1H3/t13-,15?/m1/s1. The highest BCUT2D eigenvalue weighted by atomic mass is 19.4. The molecule has 0 bridgehead atoms. The lowest BCUT2D eigenvalue weighted by molar-refractivity contribution is -0.153. The van der Waals surface area contributed by atoms with Crippen LogP contribution < -0.4 is 15.4 Å². The quantitative estimate of drug-likeness (QED) is 0.775. The van der Waals surface area contributed by atoms with Crippen LogP contribution in [0.5, 0.6) is 0 Å². The molecule has 2 aromatic rings. The first-order valence-electron chi connectivity index (χ1n) is 9.53. The van der Waals surface area contributed by atoms with Crippen molar-refractivity contribution >= 4 is 11.8 Å². The fraction of sp³-hybridized carbons (Fsp3) is 0.526. The minimum absolute atomic E-state index is 0.0200. The van der Waals surface area contributed by atoms with Gasteiger partial charge in [-0.1, -0.05) is 6.07 Å². The van der Waals surface area contributed by atoms with E-state index in [4.69, 9.17) is 4.74 Å². The predicted octanol–water partition coefficient (Wildman–Crippen LogP) is 2.20. The van der Waals surface area contributed by atoms with Gasteiger partial charge in [0.05, 0.1) is 19.3 Å². The van der Waals surface area contributed by atoms with Crippen LogP contribution in [0, 0.1) is 0 Å². The van der Waals surface area contributed by atoms with E-state index in [-0.39, 0.29) is 37.1 Å². The zero-order valence-corrected chi connectivity index (χ0v) is 16.0. The minimum atomic E-state index is -4.44. The van der Waals surface area contributed by atoms with Gasteiger partial charge in [-0.25, -0.2) is 0 Å². The van der Waals surface area contributed by atoms with Crippen molar-refractivity contribution in [3.05, 3.63) is 46.5 Å². The summed E-state index contributed by atoms with van der Waals surface area (Å²) in [6, 6.07) is 3.06. The van der Waals surface area contributed by atoms with Gasteiger partial charge in [0.2, 0.25) is 5.95 Å². The highest BCUT2D eigenvalue weighted by Gasteiger charge is 2.47. The molecule has 0 amide bonds. The van der Waals surface area contributed by atoms with Gasteiger partial charge in [-0.05, 0) is 25.0 Å². The summed E-state index contributed by atoms with van der Waals surface area (Å²) in [6.45, 7) is 3.37. The molecule has 4 rings (SSSR count). The van der Waals surface area contributed by atoms with Crippen LogP contribution in [0.25, 0.3) is 0 Å². The summed E-state index contributed by atoms with van der Waals surface area (Å²) in [6.07, 6.45) is -1.55. The molecule has 1 fully saturated rings. The van der Waals surface area contributed by atoms with Crippen molar-refractivity contribution in [2.24, 2.45) is 0 Å². The number of hydrogen-bond acceptors (Lipinski definition) is 6. The van der Waals surface area contributed by atoms with Gasteiger partial charge in [0.25, 0.3) is 5.56 Å². The van der Waals surface area contributed by atoms with Crippen LogP contribution in [0.1, 0.15) is 18.9 Å². The van der Waals surface area contributed by atoms with E-state index in [1.807, 2.05) is 11.8 Å². The van der Waals surface area contributed by atoms with Crippen LogP contribution in [-0.2, 0) is 17.8 Å². The number of alkyl halides is 3. The molecule has 4 heterocycles. The maximum atomic E-state index is 13.8. The Balaban J connectivity index is 1.78. The lowest BCUT2D eigenvalue weighted by Gasteiger charge is -2.40. The average Bonchev–Trinajstić information content (AvgIpc) is 2.68. The molecule has 0 N–H and O–H groups in total. The average molecular weight is 409 g/mol. The van der Waals surface area contributed by atoms with Gasteiger partial charge >= 0.3 is 6.18 Å². The summed E-state index contributed by atoms with van der Waals surface area (Å²) < 4.78 is 48.2. The van der Waals surface area contributed by atoms with Crippen molar-refractivity contribution in [1.29, 1.82) is 0 Å².